The van der Waals surface area contributed by atoms with Gasteiger partial charge in [0.25, 0.3) is 0 Å². The Morgan fingerprint density at radius 3 is 2.70 bits per heavy atom. The van der Waals surface area contributed by atoms with Gasteiger partial charge in [0.1, 0.15) is 17.7 Å². The molecular weight excluding hydrogens is 463 g/mol. The largest absolute Gasteiger partial charge is 0.593 e. The first kappa shape index (κ1) is 25.4. The molecule has 1 aliphatic heterocycles. The quantitative estimate of drug-likeness (QED) is 0.198. The predicted octanol–water partition coefficient (Wildman–Crippen LogP) is 5.79. The summed E-state index contributed by atoms with van der Waals surface area (Å²) in [6.07, 6.45) is 6.10. The Balaban J connectivity index is 2.14. The Kier molecular flexibility index (Phi) is 8.69. The smallest absolute Gasteiger partial charge is 0.368 e. The maximum absolute atomic E-state index is 13.5. The number of carboxylic acid groups (broad SMARTS) is 1. The van der Waals surface area contributed by atoms with E-state index in [-0.39, 0.29) is 11.3 Å². The zero-order valence-electron chi connectivity index (χ0n) is 19.0. The van der Waals surface area contributed by atoms with Gasteiger partial charge < -0.3 is 19.3 Å². The summed E-state index contributed by atoms with van der Waals surface area (Å²) >= 11 is -0.172. The van der Waals surface area contributed by atoms with Crippen molar-refractivity contribution in [2.24, 2.45) is 0 Å². The van der Waals surface area contributed by atoms with Crippen LogP contribution in [0.25, 0.3) is 0 Å². The summed E-state index contributed by atoms with van der Waals surface area (Å²) in [5.74, 6) is -2.87. The van der Waals surface area contributed by atoms with Crippen LogP contribution in [0.15, 0.2) is 64.3 Å². The first-order chi connectivity index (χ1) is 15.8. The third-order valence-electron chi connectivity index (χ3n) is 5.75. The summed E-state index contributed by atoms with van der Waals surface area (Å²) in [7, 11) is 0. The minimum absolute atomic E-state index is 0.248. The number of fused-ring (bicyclic) bond motifs is 1. The fraction of sp³-hybridized carbons (Fsp3) is 0.375. The van der Waals surface area contributed by atoms with Gasteiger partial charge in [-0.15, -0.1) is 16.5 Å². The number of hydrogen-bond donors (Lipinski definition) is 2. The van der Waals surface area contributed by atoms with Crippen LogP contribution in [0.5, 0.6) is 5.75 Å². The highest BCUT2D eigenvalue weighted by atomic mass is 32.2. The number of carbonyl (C=O) groups is 1. The Bertz CT molecular complexity index is 1010. The zero-order valence-corrected chi connectivity index (χ0v) is 20.6. The van der Waals surface area contributed by atoms with Crippen molar-refractivity contribution < 1.29 is 23.6 Å². The van der Waals surface area contributed by atoms with Crippen molar-refractivity contribution in [1.82, 2.24) is 4.72 Å². The zero-order chi connectivity index (χ0) is 24.0. The average molecular weight is 493 g/mol. The molecule has 2 atom stereocenters. The van der Waals surface area contributed by atoms with Gasteiger partial charge in [0, 0.05) is 18.3 Å². The average Bonchev–Trinajstić information content (AvgIpc) is 2.95. The molecule has 1 heterocycles. The van der Waals surface area contributed by atoms with Gasteiger partial charge in [-0.3, -0.25) is 0 Å². The minimum Gasteiger partial charge on any atom is -0.593 e. The molecule has 0 aliphatic carbocycles. The number of anilines is 2. The topological polar surface area (TPSA) is 84.9 Å². The molecule has 0 saturated heterocycles. The van der Waals surface area contributed by atoms with Crippen LogP contribution in [0.2, 0.25) is 0 Å². The van der Waals surface area contributed by atoms with E-state index < -0.39 is 23.2 Å². The van der Waals surface area contributed by atoms with Crippen LogP contribution < -0.4 is 14.4 Å². The Morgan fingerprint density at radius 2 is 2.09 bits per heavy atom. The van der Waals surface area contributed by atoms with Gasteiger partial charge in [0.15, 0.2) is 0 Å². The highest BCUT2D eigenvalue weighted by Crippen LogP contribution is 2.43. The van der Waals surface area contributed by atoms with E-state index in [0.29, 0.717) is 22.6 Å². The fourth-order valence-corrected chi connectivity index (χ4v) is 5.75. The molecule has 178 valence electrons. The minimum atomic E-state index is -1.71. The lowest BCUT2D eigenvalue weighted by Crippen LogP contribution is -2.52. The molecule has 0 radical (unpaired) electrons. The van der Waals surface area contributed by atoms with Crippen molar-refractivity contribution in [3.05, 3.63) is 54.6 Å². The Morgan fingerprint density at radius 1 is 1.36 bits per heavy atom. The molecule has 0 amide bonds. The number of thioether (sulfide) groups is 1. The van der Waals surface area contributed by atoms with Crippen LogP contribution in [0.3, 0.4) is 0 Å². The number of rotatable bonds is 9. The monoisotopic (exact) mass is 492 g/mol. The molecule has 3 rings (SSSR count). The molecule has 6 nitrogen and oxygen atoms in total. The number of halogens is 1. The normalized spacial score (nSPS) is 20.8. The number of aliphatic carboxylic acids is 1. The van der Waals surface area contributed by atoms with E-state index in [0.717, 1.165) is 37.1 Å². The Labute approximate surface area is 201 Å². The fourth-order valence-electron chi connectivity index (χ4n) is 3.82. The maximum Gasteiger partial charge on any atom is 0.368 e. The summed E-state index contributed by atoms with van der Waals surface area (Å²) in [6.45, 7) is 4.87. The number of carboxylic acids is 1. The number of hydrogen-bond acceptors (Lipinski definition) is 6. The van der Waals surface area contributed by atoms with Gasteiger partial charge in [-0.25, -0.2) is 4.79 Å². The molecule has 2 aromatic carbocycles. The van der Waals surface area contributed by atoms with Gasteiger partial charge in [0.05, 0.1) is 21.8 Å². The summed E-state index contributed by atoms with van der Waals surface area (Å²) in [6, 6.07) is 13.4. The molecule has 0 fully saturated rings. The van der Waals surface area contributed by atoms with Crippen LogP contribution in [0.4, 0.5) is 15.8 Å². The molecule has 0 aromatic heterocycles. The summed E-state index contributed by atoms with van der Waals surface area (Å²) in [5, 5.41) is 8.78. The van der Waals surface area contributed by atoms with Crippen LogP contribution in [0.1, 0.15) is 39.5 Å². The van der Waals surface area contributed by atoms with Crippen molar-refractivity contribution >= 4 is 40.5 Å². The van der Waals surface area contributed by atoms with E-state index >= 15 is 0 Å². The van der Waals surface area contributed by atoms with E-state index in [9.17, 15) is 13.7 Å². The van der Waals surface area contributed by atoms with E-state index in [1.807, 2.05) is 42.7 Å². The standard InChI is InChI=1S/C24H29FN2O4S2/c1-4-6-12-24(5-2)16-27(17-10-8-7-9-11-17)19-13-21(32-3)20(14-22(19)33(30)26-24)31-15-18(25)23(28)29/h7-11,13-15,26H,4-6,12,16H2,1-3H3,(H,28,29)/b18-15-. The molecule has 0 bridgehead atoms. The second kappa shape index (κ2) is 11.3. The SMILES string of the molecule is CCCCC1(CC)CN(c2ccccc2)c2cc(SC)c(O/C=C(\F)C(=O)O)cc2[S+]([O-])N1. The van der Waals surface area contributed by atoms with Gasteiger partial charge in [-0.2, -0.15) is 4.39 Å². The molecule has 9 heteroatoms. The molecule has 2 N–H and O–H groups in total. The number of nitrogens with zero attached hydrogens (tertiary/aromatic N) is 1. The first-order valence-corrected chi connectivity index (χ1v) is 13.2. The van der Waals surface area contributed by atoms with Gasteiger partial charge in [-0.05, 0) is 37.3 Å². The van der Waals surface area contributed by atoms with E-state index in [2.05, 4.69) is 23.5 Å². The van der Waals surface area contributed by atoms with E-state index in [1.165, 1.54) is 11.8 Å². The second-order valence-corrected chi connectivity index (χ2v) is 9.92. The number of unbranched alkanes of at least 4 members (excludes halogenated alkanes) is 1. The van der Waals surface area contributed by atoms with Crippen molar-refractivity contribution in [2.45, 2.75) is 54.9 Å². The lowest BCUT2D eigenvalue weighted by molar-refractivity contribution is -0.134. The second-order valence-electron chi connectivity index (χ2n) is 7.89. The molecule has 0 spiro atoms. The summed E-state index contributed by atoms with van der Waals surface area (Å²) in [5.41, 5.74) is 1.38. The molecule has 33 heavy (non-hydrogen) atoms. The molecular formula is C24H29FN2O4S2. The molecule has 1 aliphatic rings. The van der Waals surface area contributed by atoms with Crippen LogP contribution in [0, 0.1) is 0 Å². The van der Waals surface area contributed by atoms with Crippen LogP contribution in [-0.4, -0.2) is 34.0 Å². The highest BCUT2D eigenvalue weighted by molar-refractivity contribution is 7.98. The van der Waals surface area contributed by atoms with Crippen molar-refractivity contribution in [3.63, 3.8) is 0 Å². The maximum atomic E-state index is 13.5. The lowest BCUT2D eigenvalue weighted by Gasteiger charge is -2.35. The number of nitrogens with one attached hydrogen (secondary N) is 1. The third-order valence-corrected chi connectivity index (χ3v) is 7.86. The van der Waals surface area contributed by atoms with Gasteiger partial charge in [0.2, 0.25) is 10.7 Å². The predicted molar refractivity (Wildman–Crippen MR) is 131 cm³/mol. The van der Waals surface area contributed by atoms with Gasteiger partial charge >= 0.3 is 5.97 Å². The van der Waals surface area contributed by atoms with Crippen LogP contribution >= 0.6 is 11.8 Å². The van der Waals surface area contributed by atoms with Crippen LogP contribution in [-0.2, 0) is 16.2 Å². The molecule has 2 aromatic rings. The van der Waals surface area contributed by atoms with Crippen molar-refractivity contribution in [2.75, 3.05) is 17.7 Å². The number of para-hydroxylation sites is 1. The van der Waals surface area contributed by atoms with Crippen molar-refractivity contribution in [3.8, 4) is 5.75 Å². The number of benzene rings is 2. The molecule has 0 saturated carbocycles. The first-order valence-electron chi connectivity index (χ1n) is 10.8. The summed E-state index contributed by atoms with van der Waals surface area (Å²) in [4.78, 5) is 14.2. The van der Waals surface area contributed by atoms with E-state index in [1.54, 1.807) is 6.07 Å². The molecule has 2 unspecified atom stereocenters. The summed E-state index contributed by atoms with van der Waals surface area (Å²) < 4.78 is 35.8. The lowest BCUT2D eigenvalue weighted by atomic mass is 9.89. The van der Waals surface area contributed by atoms with Crippen molar-refractivity contribution in [1.29, 1.82) is 0 Å². The Hall–Kier alpha value is -2.20. The third kappa shape index (κ3) is 5.84. The highest BCUT2D eigenvalue weighted by Gasteiger charge is 2.41. The number of ether oxygens (including phenoxy) is 1. The van der Waals surface area contributed by atoms with Gasteiger partial charge in [-0.1, -0.05) is 44.9 Å². The van der Waals surface area contributed by atoms with E-state index in [4.69, 9.17) is 9.84 Å².